The minimum Gasteiger partial charge on any atom is -0.464 e. The standard InChI is InChI=1S/C24H33N3O4S/c1-16(2)12-13-27(21(28)15-25-23(29)20-9-6-14-32-20)22(19-11-10-17(3)31-19)24(30)26-18-7-4-5-8-18/h6,9-11,14,16,18,22H,4-5,7-8,12-13,15H2,1-3H3,(H,25,29)(H,26,30). The van der Waals surface area contributed by atoms with Gasteiger partial charge in [-0.2, -0.15) is 0 Å². The third kappa shape index (κ3) is 6.45. The molecule has 1 fully saturated rings. The number of hydrogen-bond acceptors (Lipinski definition) is 5. The van der Waals surface area contributed by atoms with E-state index < -0.39 is 6.04 Å². The number of carbonyl (C=O) groups is 3. The van der Waals surface area contributed by atoms with E-state index in [0.717, 1.165) is 32.1 Å². The lowest BCUT2D eigenvalue weighted by Crippen LogP contribution is -2.49. The van der Waals surface area contributed by atoms with Gasteiger partial charge in [0.15, 0.2) is 6.04 Å². The van der Waals surface area contributed by atoms with Crippen molar-refractivity contribution in [3.05, 3.63) is 46.0 Å². The summed E-state index contributed by atoms with van der Waals surface area (Å²) in [6.07, 6.45) is 4.83. The van der Waals surface area contributed by atoms with Crippen molar-refractivity contribution in [1.82, 2.24) is 15.5 Å². The van der Waals surface area contributed by atoms with Gasteiger partial charge >= 0.3 is 0 Å². The van der Waals surface area contributed by atoms with E-state index in [4.69, 9.17) is 4.42 Å². The van der Waals surface area contributed by atoms with E-state index in [2.05, 4.69) is 24.5 Å². The van der Waals surface area contributed by atoms with Gasteiger partial charge in [0, 0.05) is 12.6 Å². The highest BCUT2D eigenvalue weighted by Gasteiger charge is 2.35. The zero-order chi connectivity index (χ0) is 23.1. The molecule has 0 spiro atoms. The lowest BCUT2D eigenvalue weighted by atomic mass is 10.1. The number of furan rings is 1. The maximum absolute atomic E-state index is 13.4. The number of nitrogens with one attached hydrogen (secondary N) is 2. The predicted octanol–water partition coefficient (Wildman–Crippen LogP) is 4.05. The third-order valence-corrected chi connectivity index (χ3v) is 6.57. The Morgan fingerprint density at radius 3 is 2.53 bits per heavy atom. The zero-order valence-electron chi connectivity index (χ0n) is 19.1. The Hall–Kier alpha value is -2.61. The third-order valence-electron chi connectivity index (χ3n) is 5.71. The molecule has 174 valence electrons. The molecule has 1 saturated carbocycles. The first-order valence-electron chi connectivity index (χ1n) is 11.3. The second-order valence-corrected chi connectivity index (χ2v) is 9.72. The summed E-state index contributed by atoms with van der Waals surface area (Å²) in [5, 5.41) is 7.63. The first kappa shape index (κ1) is 24.0. The van der Waals surface area contributed by atoms with Crippen LogP contribution in [0.25, 0.3) is 0 Å². The van der Waals surface area contributed by atoms with Crippen LogP contribution in [0.4, 0.5) is 0 Å². The molecule has 1 atom stereocenters. The lowest BCUT2D eigenvalue weighted by Gasteiger charge is -2.31. The van der Waals surface area contributed by atoms with Gasteiger partial charge in [-0.05, 0) is 55.7 Å². The first-order chi connectivity index (χ1) is 15.3. The van der Waals surface area contributed by atoms with Gasteiger partial charge in [0.25, 0.3) is 11.8 Å². The fourth-order valence-corrected chi connectivity index (χ4v) is 4.56. The second-order valence-electron chi connectivity index (χ2n) is 8.77. The number of nitrogens with zero attached hydrogens (tertiary/aromatic N) is 1. The van der Waals surface area contributed by atoms with E-state index in [1.54, 1.807) is 29.2 Å². The topological polar surface area (TPSA) is 91.7 Å². The molecule has 3 rings (SSSR count). The van der Waals surface area contributed by atoms with E-state index >= 15 is 0 Å². The molecule has 1 aliphatic rings. The van der Waals surface area contributed by atoms with Gasteiger partial charge < -0.3 is 20.0 Å². The second kappa shape index (κ2) is 11.3. The molecular formula is C24H33N3O4S. The molecule has 2 heterocycles. The molecule has 2 aromatic heterocycles. The molecule has 1 unspecified atom stereocenters. The van der Waals surface area contributed by atoms with Crippen LogP contribution in [0.3, 0.4) is 0 Å². The fraction of sp³-hybridized carbons (Fsp3) is 0.542. The number of carbonyl (C=O) groups excluding carboxylic acids is 3. The molecule has 0 saturated heterocycles. The molecule has 7 nitrogen and oxygen atoms in total. The van der Waals surface area contributed by atoms with E-state index in [1.807, 2.05) is 12.3 Å². The number of amides is 3. The average molecular weight is 460 g/mol. The van der Waals surface area contributed by atoms with Crippen molar-refractivity contribution in [3.63, 3.8) is 0 Å². The predicted molar refractivity (Wildman–Crippen MR) is 124 cm³/mol. The van der Waals surface area contributed by atoms with Crippen LogP contribution in [0.2, 0.25) is 0 Å². The van der Waals surface area contributed by atoms with Crippen LogP contribution in [-0.4, -0.2) is 41.8 Å². The normalized spacial score (nSPS) is 15.0. The first-order valence-corrected chi connectivity index (χ1v) is 12.2. The van der Waals surface area contributed by atoms with Gasteiger partial charge in [-0.3, -0.25) is 14.4 Å². The molecule has 3 amide bonds. The number of thiophene rings is 1. The molecule has 0 bridgehead atoms. The Morgan fingerprint density at radius 1 is 1.19 bits per heavy atom. The van der Waals surface area contributed by atoms with Crippen LogP contribution in [-0.2, 0) is 9.59 Å². The van der Waals surface area contributed by atoms with E-state index in [-0.39, 0.29) is 30.3 Å². The van der Waals surface area contributed by atoms with E-state index in [0.29, 0.717) is 28.9 Å². The summed E-state index contributed by atoms with van der Waals surface area (Å²) in [6, 6.07) is 6.32. The van der Waals surface area contributed by atoms with Crippen molar-refractivity contribution < 1.29 is 18.8 Å². The van der Waals surface area contributed by atoms with Crippen molar-refractivity contribution >= 4 is 29.1 Å². The minimum atomic E-state index is -0.866. The van der Waals surface area contributed by atoms with Gasteiger partial charge in [0.1, 0.15) is 11.5 Å². The Labute approximate surface area is 193 Å². The molecular weight excluding hydrogens is 426 g/mol. The molecule has 1 aliphatic carbocycles. The Morgan fingerprint density at radius 2 is 1.94 bits per heavy atom. The highest BCUT2D eigenvalue weighted by atomic mass is 32.1. The molecule has 2 N–H and O–H groups in total. The van der Waals surface area contributed by atoms with Gasteiger partial charge in [0.2, 0.25) is 5.91 Å². The minimum absolute atomic E-state index is 0.127. The van der Waals surface area contributed by atoms with Crippen molar-refractivity contribution in [2.45, 2.75) is 65.0 Å². The largest absolute Gasteiger partial charge is 0.464 e. The highest BCUT2D eigenvalue weighted by molar-refractivity contribution is 7.12. The summed E-state index contributed by atoms with van der Waals surface area (Å²) in [7, 11) is 0. The molecule has 0 radical (unpaired) electrons. The van der Waals surface area contributed by atoms with Crippen molar-refractivity contribution in [1.29, 1.82) is 0 Å². The average Bonchev–Trinajstić information content (AvgIpc) is 3.52. The highest BCUT2D eigenvalue weighted by Crippen LogP contribution is 2.26. The van der Waals surface area contributed by atoms with E-state index in [1.165, 1.54) is 11.3 Å². The molecule has 32 heavy (non-hydrogen) atoms. The summed E-state index contributed by atoms with van der Waals surface area (Å²) >= 11 is 1.32. The molecule has 8 heteroatoms. The van der Waals surface area contributed by atoms with Crippen molar-refractivity contribution in [3.8, 4) is 0 Å². The fourth-order valence-electron chi connectivity index (χ4n) is 3.92. The maximum Gasteiger partial charge on any atom is 0.261 e. The smallest absolute Gasteiger partial charge is 0.261 e. The summed E-state index contributed by atoms with van der Waals surface area (Å²) in [6.45, 7) is 6.18. The monoisotopic (exact) mass is 459 g/mol. The molecule has 2 aromatic rings. The molecule has 0 aromatic carbocycles. The Balaban J connectivity index is 1.80. The summed E-state index contributed by atoms with van der Waals surface area (Å²) < 4.78 is 5.81. The van der Waals surface area contributed by atoms with Gasteiger partial charge in [-0.1, -0.05) is 32.8 Å². The zero-order valence-corrected chi connectivity index (χ0v) is 19.9. The number of rotatable bonds is 10. The van der Waals surface area contributed by atoms with Crippen LogP contribution in [0.5, 0.6) is 0 Å². The summed E-state index contributed by atoms with van der Waals surface area (Å²) in [4.78, 5) is 41.1. The Bertz CT molecular complexity index is 900. The van der Waals surface area contributed by atoms with Crippen LogP contribution >= 0.6 is 11.3 Å². The van der Waals surface area contributed by atoms with Crippen molar-refractivity contribution in [2.75, 3.05) is 13.1 Å². The van der Waals surface area contributed by atoms with Gasteiger partial charge in [0.05, 0.1) is 11.4 Å². The van der Waals surface area contributed by atoms with Crippen LogP contribution in [0.1, 0.15) is 73.2 Å². The van der Waals surface area contributed by atoms with Crippen LogP contribution in [0.15, 0.2) is 34.1 Å². The van der Waals surface area contributed by atoms with Crippen molar-refractivity contribution in [2.24, 2.45) is 5.92 Å². The summed E-state index contributed by atoms with van der Waals surface area (Å²) in [5.74, 6) is 0.644. The quantitative estimate of drug-likeness (QED) is 0.561. The van der Waals surface area contributed by atoms with Gasteiger partial charge in [-0.25, -0.2) is 0 Å². The lowest BCUT2D eigenvalue weighted by molar-refractivity contribution is -0.141. The maximum atomic E-state index is 13.4. The van der Waals surface area contributed by atoms with Crippen LogP contribution in [0, 0.1) is 12.8 Å². The van der Waals surface area contributed by atoms with E-state index in [9.17, 15) is 14.4 Å². The van der Waals surface area contributed by atoms with Gasteiger partial charge in [-0.15, -0.1) is 11.3 Å². The molecule has 0 aliphatic heterocycles. The number of aryl methyl sites for hydroxylation is 1. The SMILES string of the molecule is Cc1ccc(C(C(=O)NC2CCCC2)N(CCC(C)C)C(=O)CNC(=O)c2cccs2)o1. The number of hydrogen-bond donors (Lipinski definition) is 2. The van der Waals surface area contributed by atoms with Crippen LogP contribution < -0.4 is 10.6 Å². The Kier molecular flexibility index (Phi) is 8.50. The summed E-state index contributed by atoms with van der Waals surface area (Å²) in [5.41, 5.74) is 0.